The predicted molar refractivity (Wildman–Crippen MR) is 112 cm³/mol. The first-order valence-electron chi connectivity index (χ1n) is 8.88. The third-order valence-electron chi connectivity index (χ3n) is 4.71. The van der Waals surface area contributed by atoms with Gasteiger partial charge in [0.2, 0.25) is 17.6 Å². The van der Waals surface area contributed by atoms with Crippen LogP contribution in [-0.2, 0) is 17.6 Å². The van der Waals surface area contributed by atoms with Gasteiger partial charge < -0.3 is 15.2 Å². The van der Waals surface area contributed by atoms with Crippen LogP contribution in [0.1, 0.15) is 24.3 Å². The van der Waals surface area contributed by atoms with Crippen molar-refractivity contribution in [2.24, 2.45) is 0 Å². The van der Waals surface area contributed by atoms with Gasteiger partial charge in [-0.05, 0) is 54.8 Å². The van der Waals surface area contributed by atoms with Crippen LogP contribution in [0, 0.1) is 0 Å². The number of fused-ring (bicyclic) bond motifs is 1. The van der Waals surface area contributed by atoms with Crippen molar-refractivity contribution in [2.45, 2.75) is 25.7 Å². The van der Waals surface area contributed by atoms with Crippen molar-refractivity contribution in [3.63, 3.8) is 0 Å². The largest absolute Gasteiger partial charge is 0.398 e. The summed E-state index contributed by atoms with van der Waals surface area (Å²) < 4.78 is 5.29. The Morgan fingerprint density at radius 3 is 2.79 bits per heavy atom. The van der Waals surface area contributed by atoms with Gasteiger partial charge in [-0.1, -0.05) is 22.8 Å². The number of carbonyl (C=O) groups excluding carboxylic acids is 1. The number of amides is 1. The maximum absolute atomic E-state index is 12.7. The van der Waals surface area contributed by atoms with Gasteiger partial charge in [0.25, 0.3) is 0 Å². The molecule has 4 rings (SSSR count). The van der Waals surface area contributed by atoms with Gasteiger partial charge in [-0.25, -0.2) is 0 Å². The van der Waals surface area contributed by atoms with E-state index in [1.54, 1.807) is 12.1 Å². The molecule has 2 heterocycles. The smallest absolute Gasteiger partial charge is 0.227 e. The summed E-state index contributed by atoms with van der Waals surface area (Å²) in [5.41, 5.74) is 9.59. The van der Waals surface area contributed by atoms with Crippen LogP contribution >= 0.6 is 24.0 Å². The molecule has 1 aliphatic heterocycles. The number of nitrogens with zero attached hydrogens (tertiary/aromatic N) is 3. The van der Waals surface area contributed by atoms with Gasteiger partial charge in [0.05, 0.1) is 0 Å². The maximum atomic E-state index is 12.7. The monoisotopic (exact) mass is 418 g/mol. The molecule has 0 saturated heterocycles. The molecule has 1 amide bonds. The quantitative estimate of drug-likeness (QED) is 0.638. The Bertz CT molecular complexity index is 973. The minimum atomic E-state index is 0. The van der Waals surface area contributed by atoms with Crippen LogP contribution in [0.15, 0.2) is 47.0 Å². The molecule has 1 aliphatic rings. The van der Waals surface area contributed by atoms with Crippen LogP contribution in [0.5, 0.6) is 0 Å². The van der Waals surface area contributed by atoms with Crippen molar-refractivity contribution in [3.05, 3.63) is 58.9 Å². The van der Waals surface area contributed by atoms with Crippen LogP contribution in [0.3, 0.4) is 0 Å². The highest BCUT2D eigenvalue weighted by atomic mass is 35.5. The lowest BCUT2D eigenvalue weighted by molar-refractivity contribution is -0.118. The number of halogens is 2. The zero-order valence-electron chi connectivity index (χ0n) is 15.1. The zero-order valence-corrected chi connectivity index (χ0v) is 16.7. The molecule has 2 aromatic carbocycles. The zero-order chi connectivity index (χ0) is 18.8. The number of benzene rings is 2. The number of anilines is 2. The Hall–Kier alpha value is -2.57. The fraction of sp³-hybridized carbons (Fsp3) is 0.250. The Morgan fingerprint density at radius 1 is 1.21 bits per heavy atom. The maximum Gasteiger partial charge on any atom is 0.227 e. The molecule has 0 fully saturated rings. The van der Waals surface area contributed by atoms with Crippen molar-refractivity contribution in [2.75, 3.05) is 17.2 Å². The number of aromatic nitrogens is 2. The minimum absolute atomic E-state index is 0. The summed E-state index contributed by atoms with van der Waals surface area (Å²) in [6.45, 7) is 0.704. The number of hydrogen-bond donors (Lipinski definition) is 1. The second kappa shape index (κ2) is 8.63. The molecule has 2 N–H and O–H groups in total. The SMILES string of the molecule is Cl.Nc1cccc2c1CCCN2C(=O)CCc1nc(-c2ccc(Cl)cc2)no1. The Kier molecular flexibility index (Phi) is 6.21. The molecule has 0 radical (unpaired) electrons. The van der Waals surface area contributed by atoms with E-state index in [1.807, 2.05) is 35.2 Å². The first-order valence-corrected chi connectivity index (χ1v) is 9.26. The van der Waals surface area contributed by atoms with E-state index in [0.29, 0.717) is 36.1 Å². The Morgan fingerprint density at radius 2 is 2.00 bits per heavy atom. The summed E-state index contributed by atoms with van der Waals surface area (Å²) in [5.74, 6) is 0.969. The highest BCUT2D eigenvalue weighted by Gasteiger charge is 2.24. The van der Waals surface area contributed by atoms with Gasteiger partial charge in [0.15, 0.2) is 0 Å². The third kappa shape index (κ3) is 4.13. The molecular formula is C20H20Cl2N4O2. The van der Waals surface area contributed by atoms with Crippen LogP contribution in [0.25, 0.3) is 11.4 Å². The van der Waals surface area contributed by atoms with E-state index in [9.17, 15) is 4.79 Å². The van der Waals surface area contributed by atoms with Crippen LogP contribution in [0.4, 0.5) is 11.4 Å². The number of carbonyl (C=O) groups is 1. The second-order valence-corrected chi connectivity index (χ2v) is 6.95. The molecule has 8 heteroatoms. The Labute approximate surface area is 174 Å². The number of rotatable bonds is 4. The van der Waals surface area contributed by atoms with Gasteiger partial charge in [-0.2, -0.15) is 4.98 Å². The normalized spacial score (nSPS) is 13.0. The van der Waals surface area contributed by atoms with E-state index in [0.717, 1.165) is 35.3 Å². The summed E-state index contributed by atoms with van der Waals surface area (Å²) in [7, 11) is 0. The van der Waals surface area contributed by atoms with Gasteiger partial charge in [0, 0.05) is 41.3 Å². The number of nitrogen functional groups attached to an aromatic ring is 1. The van der Waals surface area contributed by atoms with Gasteiger partial charge >= 0.3 is 0 Å². The molecule has 3 aromatic rings. The first-order chi connectivity index (χ1) is 13.1. The summed E-state index contributed by atoms with van der Waals surface area (Å²) in [5, 5.41) is 4.63. The fourth-order valence-electron chi connectivity index (χ4n) is 3.33. The lowest BCUT2D eigenvalue weighted by Gasteiger charge is -2.30. The van der Waals surface area contributed by atoms with Crippen molar-refractivity contribution in [3.8, 4) is 11.4 Å². The molecule has 0 unspecified atom stereocenters. The molecular weight excluding hydrogens is 399 g/mol. The average Bonchev–Trinajstić information content (AvgIpc) is 3.16. The van der Waals surface area contributed by atoms with Crippen LogP contribution in [0.2, 0.25) is 5.02 Å². The molecule has 28 heavy (non-hydrogen) atoms. The number of aryl methyl sites for hydroxylation is 1. The van der Waals surface area contributed by atoms with Crippen molar-refractivity contribution in [1.29, 1.82) is 0 Å². The van der Waals surface area contributed by atoms with Crippen LogP contribution in [-0.4, -0.2) is 22.6 Å². The molecule has 6 nitrogen and oxygen atoms in total. The topological polar surface area (TPSA) is 85.2 Å². The molecule has 0 saturated carbocycles. The van der Waals surface area contributed by atoms with E-state index in [2.05, 4.69) is 10.1 Å². The highest BCUT2D eigenvalue weighted by Crippen LogP contribution is 2.31. The molecule has 0 bridgehead atoms. The summed E-state index contributed by atoms with van der Waals surface area (Å²) in [6.07, 6.45) is 2.51. The summed E-state index contributed by atoms with van der Waals surface area (Å²) in [4.78, 5) is 18.9. The highest BCUT2D eigenvalue weighted by molar-refractivity contribution is 6.30. The van der Waals surface area contributed by atoms with E-state index in [4.69, 9.17) is 21.9 Å². The Balaban J connectivity index is 0.00000225. The number of nitrogens with two attached hydrogens (primary N) is 1. The summed E-state index contributed by atoms with van der Waals surface area (Å²) >= 11 is 5.89. The molecule has 0 spiro atoms. The van der Waals surface area contributed by atoms with Crippen molar-refractivity contribution >= 4 is 41.3 Å². The standard InChI is InChI=1S/C20H19ClN4O2.ClH/c21-14-8-6-13(7-9-14)20-23-18(27-24-20)10-11-19(26)25-12-2-3-15-16(22)4-1-5-17(15)25;/h1,4-9H,2-3,10-12,22H2;1H. The van der Waals surface area contributed by atoms with Crippen molar-refractivity contribution < 1.29 is 9.32 Å². The third-order valence-corrected chi connectivity index (χ3v) is 4.96. The number of hydrogen-bond acceptors (Lipinski definition) is 5. The minimum Gasteiger partial charge on any atom is -0.398 e. The van der Waals surface area contributed by atoms with Gasteiger partial charge in [0.1, 0.15) is 0 Å². The molecule has 0 atom stereocenters. The van der Waals surface area contributed by atoms with E-state index in [1.165, 1.54) is 0 Å². The lowest BCUT2D eigenvalue weighted by atomic mass is 9.99. The molecule has 1 aromatic heterocycles. The lowest BCUT2D eigenvalue weighted by Crippen LogP contribution is -2.35. The fourth-order valence-corrected chi connectivity index (χ4v) is 3.46. The van der Waals surface area contributed by atoms with Gasteiger partial charge in [-0.3, -0.25) is 4.79 Å². The van der Waals surface area contributed by atoms with E-state index in [-0.39, 0.29) is 18.3 Å². The van der Waals surface area contributed by atoms with E-state index < -0.39 is 0 Å². The van der Waals surface area contributed by atoms with E-state index >= 15 is 0 Å². The summed E-state index contributed by atoms with van der Waals surface area (Å²) in [6, 6.07) is 12.9. The van der Waals surface area contributed by atoms with Crippen molar-refractivity contribution in [1.82, 2.24) is 10.1 Å². The molecule has 146 valence electrons. The first kappa shape index (κ1) is 20.2. The average molecular weight is 419 g/mol. The predicted octanol–water partition coefficient (Wildman–Crippen LogP) is 4.31. The second-order valence-electron chi connectivity index (χ2n) is 6.51. The van der Waals surface area contributed by atoms with Gasteiger partial charge in [-0.15, -0.1) is 12.4 Å². The molecule has 0 aliphatic carbocycles. The van der Waals surface area contributed by atoms with Crippen LogP contribution < -0.4 is 10.6 Å².